The minimum Gasteiger partial charge on any atom is -0.467 e. The first kappa shape index (κ1) is 24.0. The van der Waals surface area contributed by atoms with Gasteiger partial charge in [-0.2, -0.15) is 0 Å². The Hall–Kier alpha value is -3.66. The van der Waals surface area contributed by atoms with Crippen LogP contribution in [-0.4, -0.2) is 25.0 Å². The van der Waals surface area contributed by atoms with Crippen LogP contribution in [0.25, 0.3) is 0 Å². The van der Waals surface area contributed by atoms with Gasteiger partial charge in [0.25, 0.3) is 0 Å². The molecule has 1 atom stereocenters. The van der Waals surface area contributed by atoms with Crippen molar-refractivity contribution >= 4 is 11.9 Å². The number of nitrogens with one attached hydrogen (secondary N) is 1. The lowest BCUT2D eigenvalue weighted by Gasteiger charge is -2.36. The molecule has 0 aromatic heterocycles. The molecule has 0 bridgehead atoms. The Bertz CT molecular complexity index is 936. The number of ether oxygens (including phenoxy) is 1. The van der Waals surface area contributed by atoms with Crippen LogP contribution < -0.4 is 5.32 Å². The number of allylic oxidation sites excluding steroid dienone is 1. The number of benzene rings is 3. The lowest BCUT2D eigenvalue weighted by molar-refractivity contribution is -0.145. The van der Waals surface area contributed by atoms with E-state index < -0.39 is 17.4 Å². The molecule has 0 unspecified atom stereocenters. The fourth-order valence-electron chi connectivity index (χ4n) is 4.32. The van der Waals surface area contributed by atoms with Crippen molar-refractivity contribution in [3.05, 3.63) is 120 Å². The Kier molecular flexibility index (Phi) is 8.59. The van der Waals surface area contributed by atoms with Gasteiger partial charge >= 0.3 is 5.97 Å². The van der Waals surface area contributed by atoms with E-state index in [1.54, 1.807) is 6.08 Å². The SMILES string of the molecule is C=CCCC[C@H](NC(=O)CC(c1ccccc1)(c1ccccc1)c1ccccc1)C(=O)OC. The molecule has 0 spiro atoms. The first-order valence-corrected chi connectivity index (χ1v) is 11.3. The lowest BCUT2D eigenvalue weighted by Crippen LogP contribution is -2.45. The Morgan fingerprint density at radius 1 is 0.879 bits per heavy atom. The maximum atomic E-state index is 13.5. The van der Waals surface area contributed by atoms with Crippen LogP contribution >= 0.6 is 0 Å². The summed E-state index contributed by atoms with van der Waals surface area (Å²) in [5, 5.41) is 2.94. The fourth-order valence-corrected chi connectivity index (χ4v) is 4.32. The highest BCUT2D eigenvalue weighted by atomic mass is 16.5. The summed E-state index contributed by atoms with van der Waals surface area (Å²) in [6.45, 7) is 3.73. The lowest BCUT2D eigenvalue weighted by atomic mass is 9.67. The number of carbonyl (C=O) groups is 2. The van der Waals surface area contributed by atoms with E-state index in [-0.39, 0.29) is 12.3 Å². The molecule has 3 rings (SSSR count). The van der Waals surface area contributed by atoms with Gasteiger partial charge in [-0.1, -0.05) is 97.1 Å². The van der Waals surface area contributed by atoms with E-state index in [9.17, 15) is 9.59 Å². The molecule has 0 saturated carbocycles. The number of hydrogen-bond acceptors (Lipinski definition) is 3. The zero-order chi connectivity index (χ0) is 23.5. The van der Waals surface area contributed by atoms with E-state index in [1.807, 2.05) is 54.6 Å². The standard InChI is InChI=1S/C29H31NO3/c1-3-4-8-21-26(28(32)33-2)30-27(31)22-29(23-15-9-5-10-16-23,24-17-11-6-12-18-24)25-19-13-7-14-20-25/h3,5-7,9-20,26H,1,4,8,21-22H2,2H3,(H,30,31)/t26-/m0/s1. The largest absolute Gasteiger partial charge is 0.467 e. The van der Waals surface area contributed by atoms with Crippen LogP contribution in [0, 0.1) is 0 Å². The number of methoxy groups -OCH3 is 1. The van der Waals surface area contributed by atoms with Crippen molar-refractivity contribution in [3.8, 4) is 0 Å². The predicted octanol–water partition coefficient (Wildman–Crippen LogP) is 5.43. The normalized spacial score (nSPS) is 11.9. The molecule has 1 amide bonds. The van der Waals surface area contributed by atoms with Gasteiger partial charge < -0.3 is 10.1 Å². The molecule has 0 heterocycles. The molecular formula is C29H31NO3. The van der Waals surface area contributed by atoms with E-state index in [2.05, 4.69) is 48.3 Å². The van der Waals surface area contributed by atoms with Gasteiger partial charge in [-0.3, -0.25) is 4.79 Å². The van der Waals surface area contributed by atoms with E-state index in [4.69, 9.17) is 4.74 Å². The Labute approximate surface area is 196 Å². The Morgan fingerprint density at radius 2 is 1.33 bits per heavy atom. The summed E-state index contributed by atoms with van der Waals surface area (Å²) in [6, 6.07) is 29.4. The van der Waals surface area contributed by atoms with E-state index in [0.717, 1.165) is 29.5 Å². The minimum atomic E-state index is -0.713. The second-order valence-electron chi connectivity index (χ2n) is 8.04. The summed E-state index contributed by atoms with van der Waals surface area (Å²) < 4.78 is 4.95. The van der Waals surface area contributed by atoms with Crippen LogP contribution in [0.1, 0.15) is 42.4 Å². The van der Waals surface area contributed by atoms with Crippen molar-refractivity contribution < 1.29 is 14.3 Å². The zero-order valence-corrected chi connectivity index (χ0v) is 19.1. The molecule has 0 aliphatic rings. The fraction of sp³-hybridized carbons (Fsp3) is 0.241. The third-order valence-electron chi connectivity index (χ3n) is 5.95. The summed E-state index contributed by atoms with van der Waals surface area (Å²) >= 11 is 0. The van der Waals surface area contributed by atoms with Gasteiger partial charge in [0.15, 0.2) is 0 Å². The van der Waals surface area contributed by atoms with Gasteiger partial charge in [-0.05, 0) is 36.0 Å². The number of carbonyl (C=O) groups excluding carboxylic acids is 2. The summed E-state index contributed by atoms with van der Waals surface area (Å²) in [5.74, 6) is -0.641. The van der Waals surface area contributed by atoms with E-state index in [0.29, 0.717) is 6.42 Å². The van der Waals surface area contributed by atoms with Gasteiger partial charge in [0.1, 0.15) is 6.04 Å². The first-order chi connectivity index (χ1) is 16.1. The number of amides is 1. The van der Waals surface area contributed by atoms with Crippen molar-refractivity contribution in [1.29, 1.82) is 0 Å². The van der Waals surface area contributed by atoms with Crippen LogP contribution in [-0.2, 0) is 19.7 Å². The maximum Gasteiger partial charge on any atom is 0.328 e. The molecule has 33 heavy (non-hydrogen) atoms. The van der Waals surface area contributed by atoms with Crippen molar-refractivity contribution in [3.63, 3.8) is 0 Å². The maximum absolute atomic E-state index is 13.5. The molecule has 170 valence electrons. The molecule has 0 saturated heterocycles. The van der Waals surface area contributed by atoms with E-state index >= 15 is 0 Å². The summed E-state index contributed by atoms with van der Waals surface area (Å²) in [7, 11) is 1.34. The average molecular weight is 442 g/mol. The van der Waals surface area contributed by atoms with Crippen LogP contribution in [0.15, 0.2) is 104 Å². The summed E-state index contributed by atoms with van der Waals surface area (Å²) in [5.41, 5.74) is 2.33. The number of unbranched alkanes of at least 4 members (excludes halogenated alkanes) is 1. The van der Waals surface area contributed by atoms with Crippen molar-refractivity contribution in [2.45, 2.75) is 37.1 Å². The molecule has 4 heteroatoms. The number of hydrogen-bond donors (Lipinski definition) is 1. The molecule has 0 fully saturated rings. The number of rotatable bonds is 11. The zero-order valence-electron chi connectivity index (χ0n) is 19.1. The average Bonchev–Trinajstić information content (AvgIpc) is 2.88. The minimum absolute atomic E-state index is 0.153. The monoisotopic (exact) mass is 441 g/mol. The number of esters is 1. The highest BCUT2D eigenvalue weighted by molar-refractivity contribution is 5.86. The topological polar surface area (TPSA) is 55.4 Å². The van der Waals surface area contributed by atoms with Crippen LogP contribution in [0.2, 0.25) is 0 Å². The van der Waals surface area contributed by atoms with Gasteiger partial charge in [0.05, 0.1) is 12.5 Å². The molecule has 3 aromatic carbocycles. The van der Waals surface area contributed by atoms with Gasteiger partial charge in [-0.25, -0.2) is 4.79 Å². The molecular weight excluding hydrogens is 410 g/mol. The third kappa shape index (κ3) is 5.78. The van der Waals surface area contributed by atoms with Crippen molar-refractivity contribution in [2.75, 3.05) is 7.11 Å². The van der Waals surface area contributed by atoms with Gasteiger partial charge in [0.2, 0.25) is 5.91 Å². The smallest absolute Gasteiger partial charge is 0.328 e. The van der Waals surface area contributed by atoms with Crippen molar-refractivity contribution in [2.24, 2.45) is 0 Å². The molecule has 4 nitrogen and oxygen atoms in total. The van der Waals surface area contributed by atoms with Gasteiger partial charge in [0, 0.05) is 6.42 Å². The molecule has 3 aromatic rings. The highest BCUT2D eigenvalue weighted by Gasteiger charge is 2.39. The quantitative estimate of drug-likeness (QED) is 0.187. The molecule has 0 aliphatic carbocycles. The van der Waals surface area contributed by atoms with Gasteiger partial charge in [-0.15, -0.1) is 6.58 Å². The Morgan fingerprint density at radius 3 is 1.73 bits per heavy atom. The second-order valence-corrected chi connectivity index (χ2v) is 8.04. The van der Waals surface area contributed by atoms with Crippen molar-refractivity contribution in [1.82, 2.24) is 5.32 Å². The molecule has 0 radical (unpaired) electrons. The Balaban J connectivity index is 2.03. The molecule has 0 aliphatic heterocycles. The van der Waals surface area contributed by atoms with Crippen LogP contribution in [0.3, 0.4) is 0 Å². The first-order valence-electron chi connectivity index (χ1n) is 11.3. The summed E-state index contributed by atoms with van der Waals surface area (Å²) in [6.07, 6.45) is 3.97. The van der Waals surface area contributed by atoms with E-state index in [1.165, 1.54) is 7.11 Å². The predicted molar refractivity (Wildman–Crippen MR) is 132 cm³/mol. The second kappa shape index (κ2) is 11.8. The third-order valence-corrected chi connectivity index (χ3v) is 5.95. The molecule has 1 N–H and O–H groups in total. The van der Waals surface area contributed by atoms with Crippen LogP contribution in [0.4, 0.5) is 0 Å². The summed E-state index contributed by atoms with van der Waals surface area (Å²) in [4.78, 5) is 25.9. The highest BCUT2D eigenvalue weighted by Crippen LogP contribution is 2.42. The van der Waals surface area contributed by atoms with Crippen LogP contribution in [0.5, 0.6) is 0 Å².